The quantitative estimate of drug-likeness (QED) is 0.909. The first-order valence-corrected chi connectivity index (χ1v) is 7.72. The number of aromatic nitrogens is 2. The monoisotopic (exact) mass is 291 g/mol. The van der Waals surface area contributed by atoms with Gasteiger partial charge in [0.15, 0.2) is 0 Å². The molecule has 0 aliphatic rings. The maximum absolute atomic E-state index is 11.9. The summed E-state index contributed by atoms with van der Waals surface area (Å²) in [4.78, 5) is 32.5. The van der Waals surface area contributed by atoms with Gasteiger partial charge < -0.3 is 9.88 Å². The highest BCUT2D eigenvalue weighted by molar-refractivity contribution is 7.98. The zero-order chi connectivity index (χ0) is 14.5. The van der Waals surface area contributed by atoms with Crippen LogP contribution in [-0.4, -0.2) is 39.8 Å². The Morgan fingerprint density at radius 1 is 1.40 bits per heavy atom. The molecular formula is C14H17N3O2S. The van der Waals surface area contributed by atoms with Crippen LogP contribution in [0.4, 0.5) is 0 Å². The molecule has 0 fully saturated rings. The first-order valence-electron chi connectivity index (χ1n) is 6.32. The van der Waals surface area contributed by atoms with Gasteiger partial charge in [-0.15, -0.1) is 0 Å². The largest absolute Gasteiger partial charge is 0.338 e. The molecule has 6 heteroatoms. The smallest absolute Gasteiger partial charge is 0.258 e. The first-order chi connectivity index (χ1) is 9.61. The van der Waals surface area contributed by atoms with Gasteiger partial charge in [0.05, 0.1) is 17.4 Å². The minimum absolute atomic E-state index is 0.0511. The molecule has 1 N–H and O–H groups in total. The molecule has 0 radical (unpaired) electrons. The standard InChI is InChI=1S/C14H17N3O2S/c1-17(13(18)7-8-20-2)9-12-15-11-6-4-3-5-10(11)14(19)16-12/h3-6H,7-9H2,1-2H3,(H,15,16,19). The number of aromatic amines is 1. The van der Waals surface area contributed by atoms with Crippen molar-refractivity contribution in [2.75, 3.05) is 19.1 Å². The minimum Gasteiger partial charge on any atom is -0.338 e. The second-order valence-corrected chi connectivity index (χ2v) is 5.51. The Morgan fingerprint density at radius 2 is 2.15 bits per heavy atom. The lowest BCUT2D eigenvalue weighted by Gasteiger charge is -2.16. The Bertz CT molecular complexity index is 669. The Labute approximate surface area is 121 Å². The van der Waals surface area contributed by atoms with Crippen molar-refractivity contribution in [1.29, 1.82) is 0 Å². The van der Waals surface area contributed by atoms with Gasteiger partial charge in [-0.1, -0.05) is 12.1 Å². The molecule has 20 heavy (non-hydrogen) atoms. The Kier molecular flexibility index (Phi) is 4.79. The molecule has 2 aromatic rings. The third kappa shape index (κ3) is 3.39. The highest BCUT2D eigenvalue weighted by Crippen LogP contribution is 2.07. The van der Waals surface area contributed by atoms with Crippen LogP contribution in [0.25, 0.3) is 10.9 Å². The number of rotatable bonds is 5. The van der Waals surface area contributed by atoms with Crippen molar-refractivity contribution < 1.29 is 4.79 Å². The topological polar surface area (TPSA) is 66.1 Å². The van der Waals surface area contributed by atoms with Crippen LogP contribution in [0.3, 0.4) is 0 Å². The molecular weight excluding hydrogens is 274 g/mol. The van der Waals surface area contributed by atoms with E-state index in [0.717, 1.165) is 5.75 Å². The average molecular weight is 291 g/mol. The van der Waals surface area contributed by atoms with Gasteiger partial charge in [0, 0.05) is 19.2 Å². The van der Waals surface area contributed by atoms with Crippen molar-refractivity contribution >= 4 is 28.6 Å². The predicted molar refractivity (Wildman–Crippen MR) is 81.8 cm³/mol. The molecule has 0 atom stereocenters. The van der Waals surface area contributed by atoms with Crippen LogP contribution < -0.4 is 5.56 Å². The average Bonchev–Trinajstić information content (AvgIpc) is 2.44. The van der Waals surface area contributed by atoms with E-state index in [4.69, 9.17) is 0 Å². The molecule has 1 aromatic carbocycles. The number of nitrogens with one attached hydrogen (secondary N) is 1. The summed E-state index contributed by atoms with van der Waals surface area (Å²) in [5, 5.41) is 0.563. The molecule has 0 unspecified atom stereocenters. The summed E-state index contributed by atoms with van der Waals surface area (Å²) in [6.07, 6.45) is 2.46. The fraction of sp³-hybridized carbons (Fsp3) is 0.357. The van der Waals surface area contributed by atoms with E-state index in [0.29, 0.717) is 29.7 Å². The third-order valence-electron chi connectivity index (χ3n) is 2.99. The zero-order valence-electron chi connectivity index (χ0n) is 11.5. The molecule has 1 heterocycles. The van der Waals surface area contributed by atoms with Gasteiger partial charge in [-0.2, -0.15) is 11.8 Å². The van der Waals surface area contributed by atoms with Crippen LogP contribution in [0.2, 0.25) is 0 Å². The Hall–Kier alpha value is -1.82. The summed E-state index contributed by atoms with van der Waals surface area (Å²) in [5.41, 5.74) is 0.478. The fourth-order valence-corrected chi connectivity index (χ4v) is 2.28. The van der Waals surface area contributed by atoms with E-state index in [1.165, 1.54) is 0 Å². The first kappa shape index (κ1) is 14.6. The highest BCUT2D eigenvalue weighted by atomic mass is 32.2. The SMILES string of the molecule is CSCCC(=O)N(C)Cc1nc2ccccc2c(=O)[nH]1. The number of benzene rings is 1. The number of fused-ring (bicyclic) bond motifs is 1. The number of hydrogen-bond donors (Lipinski definition) is 1. The van der Waals surface area contributed by atoms with Crippen LogP contribution in [0.15, 0.2) is 29.1 Å². The van der Waals surface area contributed by atoms with Crippen molar-refractivity contribution in [3.8, 4) is 0 Å². The van der Waals surface area contributed by atoms with E-state index >= 15 is 0 Å². The summed E-state index contributed by atoms with van der Waals surface area (Å²) >= 11 is 1.64. The number of carbonyl (C=O) groups is 1. The molecule has 1 amide bonds. The second kappa shape index (κ2) is 6.56. The number of H-pyrrole nitrogens is 1. The van der Waals surface area contributed by atoms with Crippen molar-refractivity contribution in [2.45, 2.75) is 13.0 Å². The van der Waals surface area contributed by atoms with E-state index in [1.807, 2.05) is 12.3 Å². The lowest BCUT2D eigenvalue weighted by Crippen LogP contribution is -2.28. The van der Waals surface area contributed by atoms with Gasteiger partial charge in [-0.05, 0) is 18.4 Å². The summed E-state index contributed by atoms with van der Waals surface area (Å²) < 4.78 is 0. The predicted octanol–water partition coefficient (Wildman–Crippen LogP) is 1.63. The van der Waals surface area contributed by atoms with E-state index in [1.54, 1.807) is 41.9 Å². The molecule has 0 bridgehead atoms. The van der Waals surface area contributed by atoms with Crippen LogP contribution in [0, 0.1) is 0 Å². The third-order valence-corrected chi connectivity index (χ3v) is 3.61. The molecule has 106 valence electrons. The molecule has 5 nitrogen and oxygen atoms in total. The second-order valence-electron chi connectivity index (χ2n) is 4.52. The fourth-order valence-electron chi connectivity index (χ4n) is 1.90. The lowest BCUT2D eigenvalue weighted by molar-refractivity contribution is -0.130. The van der Waals surface area contributed by atoms with E-state index < -0.39 is 0 Å². The van der Waals surface area contributed by atoms with Crippen molar-refractivity contribution in [3.63, 3.8) is 0 Å². The normalized spacial score (nSPS) is 10.7. The summed E-state index contributed by atoms with van der Waals surface area (Å²) in [5.74, 6) is 1.36. The number of hydrogen-bond acceptors (Lipinski definition) is 4. The van der Waals surface area contributed by atoms with Crippen LogP contribution in [0.5, 0.6) is 0 Å². The van der Waals surface area contributed by atoms with Crippen molar-refractivity contribution in [2.24, 2.45) is 0 Å². The maximum atomic E-state index is 11.9. The molecule has 0 spiro atoms. The van der Waals surface area contributed by atoms with Crippen LogP contribution in [0.1, 0.15) is 12.2 Å². The van der Waals surface area contributed by atoms with Gasteiger partial charge in [-0.3, -0.25) is 9.59 Å². The minimum atomic E-state index is -0.171. The number of thioether (sulfide) groups is 1. The Morgan fingerprint density at radius 3 is 2.90 bits per heavy atom. The van der Waals surface area contributed by atoms with E-state index in [-0.39, 0.29) is 11.5 Å². The summed E-state index contributed by atoms with van der Waals surface area (Å²) in [6, 6.07) is 7.17. The van der Waals surface area contributed by atoms with Crippen molar-refractivity contribution in [1.82, 2.24) is 14.9 Å². The number of para-hydroxylation sites is 1. The molecule has 0 aliphatic carbocycles. The number of nitrogens with zero attached hydrogens (tertiary/aromatic N) is 2. The highest BCUT2D eigenvalue weighted by Gasteiger charge is 2.11. The summed E-state index contributed by atoms with van der Waals surface area (Å²) in [7, 11) is 1.72. The van der Waals surface area contributed by atoms with Gasteiger partial charge in [-0.25, -0.2) is 4.98 Å². The Balaban J connectivity index is 2.17. The van der Waals surface area contributed by atoms with Gasteiger partial charge in [0.1, 0.15) is 5.82 Å². The summed E-state index contributed by atoms with van der Waals surface area (Å²) in [6.45, 7) is 0.313. The van der Waals surface area contributed by atoms with Crippen LogP contribution in [-0.2, 0) is 11.3 Å². The van der Waals surface area contributed by atoms with E-state index in [9.17, 15) is 9.59 Å². The maximum Gasteiger partial charge on any atom is 0.258 e. The van der Waals surface area contributed by atoms with Gasteiger partial charge >= 0.3 is 0 Å². The zero-order valence-corrected chi connectivity index (χ0v) is 12.4. The molecule has 2 rings (SSSR count). The molecule has 1 aromatic heterocycles. The lowest BCUT2D eigenvalue weighted by atomic mass is 10.2. The van der Waals surface area contributed by atoms with Crippen LogP contribution >= 0.6 is 11.8 Å². The molecule has 0 aliphatic heterocycles. The van der Waals surface area contributed by atoms with Crippen molar-refractivity contribution in [3.05, 3.63) is 40.4 Å². The van der Waals surface area contributed by atoms with E-state index in [2.05, 4.69) is 9.97 Å². The molecule has 0 saturated heterocycles. The van der Waals surface area contributed by atoms with Gasteiger partial charge in [0.2, 0.25) is 5.91 Å². The number of amides is 1. The number of carbonyl (C=O) groups excluding carboxylic acids is 1. The van der Waals surface area contributed by atoms with Gasteiger partial charge in [0.25, 0.3) is 5.56 Å². The molecule has 0 saturated carbocycles.